The van der Waals surface area contributed by atoms with Crippen molar-refractivity contribution in [3.8, 4) is 5.69 Å². The summed E-state index contributed by atoms with van der Waals surface area (Å²) in [4.78, 5) is 14.1. The normalized spacial score (nSPS) is 24.4. The minimum Gasteiger partial charge on any atom is -0.337 e. The highest BCUT2D eigenvalue weighted by molar-refractivity contribution is 8.01. The van der Waals surface area contributed by atoms with Crippen LogP contribution in [0.3, 0.4) is 0 Å². The minimum absolute atomic E-state index is 0.00468. The first-order chi connectivity index (χ1) is 22.9. The number of amidine groups is 2. The minimum atomic E-state index is -0.207. The fourth-order valence-electron chi connectivity index (χ4n) is 7.90. The van der Waals surface area contributed by atoms with Crippen molar-refractivity contribution in [2.45, 2.75) is 42.5 Å². The van der Waals surface area contributed by atoms with Crippen LogP contribution >= 0.6 is 11.8 Å². The molecule has 0 saturated heterocycles. The molecule has 0 fully saturated rings. The van der Waals surface area contributed by atoms with E-state index in [2.05, 4.69) is 158 Å². The van der Waals surface area contributed by atoms with Crippen molar-refractivity contribution in [3.05, 3.63) is 155 Å². The number of hydrogen-bond donors (Lipinski definition) is 0. The van der Waals surface area contributed by atoms with Crippen molar-refractivity contribution in [3.63, 3.8) is 0 Å². The molecule has 0 spiro atoms. The summed E-state index contributed by atoms with van der Waals surface area (Å²) >= 11 is 2.01. The second-order valence-electron chi connectivity index (χ2n) is 13.5. The molecule has 3 unspecified atom stereocenters. The Morgan fingerprint density at radius 2 is 1.60 bits per heavy atom. The van der Waals surface area contributed by atoms with E-state index in [0.29, 0.717) is 0 Å². The number of thioether (sulfide) groups is 1. The Kier molecular flexibility index (Phi) is 6.38. The molecular formula is C42H36N4S. The van der Waals surface area contributed by atoms with Gasteiger partial charge in [-0.1, -0.05) is 103 Å². The van der Waals surface area contributed by atoms with E-state index < -0.39 is 0 Å². The van der Waals surface area contributed by atoms with E-state index in [1.807, 2.05) is 17.8 Å². The average Bonchev–Trinajstić information content (AvgIpc) is 3.58. The van der Waals surface area contributed by atoms with Gasteiger partial charge in [0.2, 0.25) is 0 Å². The Labute approximate surface area is 280 Å². The summed E-state index contributed by atoms with van der Waals surface area (Å²) in [5, 5.41) is 1.31. The molecule has 3 atom stereocenters. The maximum Gasteiger partial charge on any atom is 0.159 e. The molecule has 0 saturated carbocycles. The van der Waals surface area contributed by atoms with Crippen LogP contribution < -0.4 is 0 Å². The van der Waals surface area contributed by atoms with E-state index >= 15 is 0 Å². The van der Waals surface area contributed by atoms with Crippen LogP contribution in [0.2, 0.25) is 0 Å². The van der Waals surface area contributed by atoms with E-state index in [1.165, 1.54) is 43.9 Å². The molecule has 47 heavy (non-hydrogen) atoms. The third-order valence-electron chi connectivity index (χ3n) is 10.3. The zero-order chi connectivity index (χ0) is 31.8. The van der Waals surface area contributed by atoms with E-state index in [9.17, 15) is 0 Å². The summed E-state index contributed by atoms with van der Waals surface area (Å²) < 4.78 is 2.50. The number of nitrogens with zero attached hydrogens (tertiary/aromatic N) is 4. The van der Waals surface area contributed by atoms with Gasteiger partial charge < -0.3 is 9.47 Å². The maximum atomic E-state index is 5.25. The predicted molar refractivity (Wildman–Crippen MR) is 197 cm³/mol. The van der Waals surface area contributed by atoms with Crippen molar-refractivity contribution in [1.29, 1.82) is 0 Å². The Morgan fingerprint density at radius 1 is 0.830 bits per heavy atom. The lowest BCUT2D eigenvalue weighted by Gasteiger charge is -2.40. The number of para-hydroxylation sites is 1. The molecule has 9 rings (SSSR count). The predicted octanol–water partition coefficient (Wildman–Crippen LogP) is 9.90. The number of fused-ring (bicyclic) bond motifs is 6. The topological polar surface area (TPSA) is 32.9 Å². The molecule has 2 aliphatic carbocycles. The number of rotatable bonds is 4. The van der Waals surface area contributed by atoms with Crippen molar-refractivity contribution >= 4 is 46.0 Å². The summed E-state index contributed by atoms with van der Waals surface area (Å²) in [5.41, 5.74) is 9.98. The Bertz CT molecular complexity index is 2220. The van der Waals surface area contributed by atoms with Crippen LogP contribution in [0.5, 0.6) is 0 Å². The second kappa shape index (κ2) is 10.6. The van der Waals surface area contributed by atoms with Gasteiger partial charge in [-0.2, -0.15) is 0 Å². The third-order valence-corrected chi connectivity index (χ3v) is 11.7. The first kappa shape index (κ1) is 28.4. The lowest BCUT2D eigenvalue weighted by atomic mass is 9.81. The highest BCUT2D eigenvalue weighted by Crippen LogP contribution is 2.57. The maximum absolute atomic E-state index is 5.25. The Morgan fingerprint density at radius 3 is 2.40 bits per heavy atom. The smallest absolute Gasteiger partial charge is 0.159 e. The molecule has 2 aliphatic heterocycles. The van der Waals surface area contributed by atoms with Gasteiger partial charge in [-0.15, -0.1) is 11.8 Å². The molecule has 230 valence electrons. The van der Waals surface area contributed by atoms with E-state index in [4.69, 9.17) is 9.98 Å². The fraction of sp³-hybridized carbons (Fsp3) is 0.190. The molecule has 0 N–H and O–H groups in total. The summed E-state index contributed by atoms with van der Waals surface area (Å²) in [7, 11) is 2.14. The first-order valence-corrected chi connectivity index (χ1v) is 17.3. The summed E-state index contributed by atoms with van der Waals surface area (Å²) in [6, 6.07) is 37.2. The van der Waals surface area contributed by atoms with Crippen LogP contribution in [-0.2, 0) is 6.42 Å². The molecule has 4 nitrogen and oxygen atoms in total. The Balaban J connectivity index is 1.13. The lowest BCUT2D eigenvalue weighted by molar-refractivity contribution is 0.343. The third kappa shape index (κ3) is 4.44. The summed E-state index contributed by atoms with van der Waals surface area (Å²) in [6.45, 7) is 4.69. The molecular weight excluding hydrogens is 593 g/mol. The zero-order valence-corrected chi connectivity index (χ0v) is 27.7. The van der Waals surface area contributed by atoms with Crippen LogP contribution in [0.25, 0.3) is 28.2 Å². The standard InChI is InChI=1S/C42H36N4S/c1-41(24-12-5-13-25-41)40-44-38(28-14-6-4-7-15-28)43-39(45(40)3)29-20-22-30(23-21-29)46-35-18-10-8-16-31(35)33-26-34-32-17-9-11-19-37(32)47-42(34,2)27-36(33)46/h4-24,26,39H,25,27H2,1-3H3. The second-order valence-corrected chi connectivity index (χ2v) is 15.1. The number of hydrogen-bond acceptors (Lipinski definition) is 4. The number of aliphatic imine (C=N–C) groups is 2. The van der Waals surface area contributed by atoms with Crippen LogP contribution in [0, 0.1) is 5.41 Å². The van der Waals surface area contributed by atoms with Gasteiger partial charge in [0, 0.05) is 56.4 Å². The van der Waals surface area contributed by atoms with Gasteiger partial charge in [0.05, 0.1) is 5.52 Å². The van der Waals surface area contributed by atoms with Gasteiger partial charge >= 0.3 is 0 Å². The molecule has 5 heteroatoms. The quantitative estimate of drug-likeness (QED) is 0.198. The van der Waals surface area contributed by atoms with Crippen LogP contribution in [0.1, 0.15) is 54.4 Å². The molecule has 0 amide bonds. The molecule has 5 aromatic rings. The molecule has 0 bridgehead atoms. The molecule has 4 aromatic carbocycles. The average molecular weight is 629 g/mol. The summed E-state index contributed by atoms with van der Waals surface area (Å²) in [6.07, 6.45) is 12.9. The summed E-state index contributed by atoms with van der Waals surface area (Å²) in [5.74, 6) is 1.82. The van der Waals surface area contributed by atoms with Gasteiger partial charge in [0.15, 0.2) is 5.84 Å². The van der Waals surface area contributed by atoms with Crippen LogP contribution in [-0.4, -0.2) is 32.9 Å². The molecule has 3 heterocycles. The van der Waals surface area contributed by atoms with Gasteiger partial charge in [-0.05, 0) is 67.3 Å². The molecule has 1 aromatic heterocycles. The van der Waals surface area contributed by atoms with Crippen molar-refractivity contribution in [2.75, 3.05) is 7.05 Å². The highest BCUT2D eigenvalue weighted by Gasteiger charge is 2.43. The van der Waals surface area contributed by atoms with E-state index in [1.54, 1.807) is 0 Å². The number of allylic oxidation sites excluding steroid dienone is 3. The zero-order valence-electron chi connectivity index (χ0n) is 26.9. The molecule has 0 radical (unpaired) electrons. The number of aromatic nitrogens is 1. The Hall–Kier alpha value is -4.87. The van der Waals surface area contributed by atoms with Gasteiger partial charge in [0.25, 0.3) is 0 Å². The largest absolute Gasteiger partial charge is 0.337 e. The first-order valence-electron chi connectivity index (χ1n) is 16.4. The van der Waals surface area contributed by atoms with E-state index in [-0.39, 0.29) is 16.3 Å². The molecule has 4 aliphatic rings. The fourth-order valence-corrected chi connectivity index (χ4v) is 9.31. The van der Waals surface area contributed by atoms with Gasteiger partial charge in [-0.3, -0.25) is 0 Å². The van der Waals surface area contributed by atoms with Crippen LogP contribution in [0.4, 0.5) is 0 Å². The van der Waals surface area contributed by atoms with E-state index in [0.717, 1.165) is 35.6 Å². The van der Waals surface area contributed by atoms with Gasteiger partial charge in [-0.25, -0.2) is 9.98 Å². The highest BCUT2D eigenvalue weighted by atomic mass is 32.2. The monoisotopic (exact) mass is 628 g/mol. The van der Waals surface area contributed by atoms with Crippen molar-refractivity contribution < 1.29 is 0 Å². The van der Waals surface area contributed by atoms with Crippen LogP contribution in [0.15, 0.2) is 142 Å². The van der Waals surface area contributed by atoms with Crippen molar-refractivity contribution in [1.82, 2.24) is 9.47 Å². The number of benzene rings is 4. The van der Waals surface area contributed by atoms with Gasteiger partial charge in [0.1, 0.15) is 12.0 Å². The SMILES string of the molecule is CN1C(C2(C)C=CC=CC2)=NC(c2ccccc2)=NC1c1ccc(-n2c3c(c4ccccc42)C=C2c4ccccc4SC2(C)C3)cc1. The van der Waals surface area contributed by atoms with Crippen molar-refractivity contribution in [2.24, 2.45) is 15.4 Å². The lowest BCUT2D eigenvalue weighted by Crippen LogP contribution is -2.44.